The highest BCUT2D eigenvalue weighted by Gasteiger charge is 2.52. The third-order valence-electron chi connectivity index (χ3n) is 4.53. The van der Waals surface area contributed by atoms with E-state index in [1.54, 1.807) is 11.9 Å². The van der Waals surface area contributed by atoms with Gasteiger partial charge in [-0.2, -0.15) is 0 Å². The molecule has 2 aliphatic rings. The summed E-state index contributed by atoms with van der Waals surface area (Å²) in [6.45, 7) is 2.46. The summed E-state index contributed by atoms with van der Waals surface area (Å²) < 4.78 is 0. The van der Waals surface area contributed by atoms with Gasteiger partial charge in [-0.1, -0.05) is 25.7 Å². The third-order valence-corrected chi connectivity index (χ3v) is 4.53. The molecule has 20 heavy (non-hydrogen) atoms. The van der Waals surface area contributed by atoms with Gasteiger partial charge < -0.3 is 9.80 Å². The van der Waals surface area contributed by atoms with Crippen LogP contribution in [0, 0.1) is 0 Å². The van der Waals surface area contributed by atoms with E-state index in [0.29, 0.717) is 19.4 Å². The summed E-state index contributed by atoms with van der Waals surface area (Å²) in [6.07, 6.45) is 5.34. The average Bonchev–Trinajstić information content (AvgIpc) is 2.64. The molecule has 112 valence electrons. The highest BCUT2D eigenvalue weighted by atomic mass is 16.2. The number of amides is 4. The molecule has 0 radical (unpaired) electrons. The Bertz CT molecular complexity index is 414. The summed E-state index contributed by atoms with van der Waals surface area (Å²) in [5, 5.41) is 2.39. The lowest BCUT2D eigenvalue weighted by Gasteiger charge is -2.34. The van der Waals surface area contributed by atoms with Gasteiger partial charge in [-0.15, -0.1) is 0 Å². The van der Waals surface area contributed by atoms with Crippen LogP contribution in [-0.4, -0.2) is 53.3 Å². The normalized spacial score (nSPS) is 21.8. The van der Waals surface area contributed by atoms with Crippen LogP contribution in [0.3, 0.4) is 0 Å². The number of hydrogen-bond acceptors (Lipinski definition) is 3. The molecule has 0 aromatic carbocycles. The van der Waals surface area contributed by atoms with Gasteiger partial charge in [-0.25, -0.2) is 4.79 Å². The molecular formula is C14H23N3O3. The molecule has 0 atom stereocenters. The van der Waals surface area contributed by atoms with Gasteiger partial charge in [0.2, 0.25) is 5.91 Å². The zero-order chi connectivity index (χ0) is 14.8. The summed E-state index contributed by atoms with van der Waals surface area (Å²) in [5.41, 5.74) is -0.794. The lowest BCUT2D eigenvalue weighted by atomic mass is 9.88. The maximum atomic E-state index is 12.2. The molecule has 2 fully saturated rings. The zero-order valence-corrected chi connectivity index (χ0v) is 12.3. The molecule has 4 amide bonds. The van der Waals surface area contributed by atoms with Gasteiger partial charge in [-0.05, 0) is 19.8 Å². The van der Waals surface area contributed by atoms with Crippen molar-refractivity contribution in [2.24, 2.45) is 0 Å². The molecule has 6 nitrogen and oxygen atoms in total. The Labute approximate surface area is 119 Å². The topological polar surface area (TPSA) is 69.7 Å². The van der Waals surface area contributed by atoms with Gasteiger partial charge in [0.05, 0.1) is 0 Å². The number of likely N-dealkylation sites (N-methyl/N-ethyl adjacent to an activating group) is 1. The Morgan fingerprint density at radius 2 is 1.85 bits per heavy atom. The molecule has 0 bridgehead atoms. The highest BCUT2D eigenvalue weighted by Crippen LogP contribution is 2.35. The number of urea groups is 1. The minimum Gasteiger partial charge on any atom is -0.344 e. The highest BCUT2D eigenvalue weighted by molar-refractivity contribution is 6.08. The summed E-state index contributed by atoms with van der Waals surface area (Å²) >= 11 is 0. The molecule has 2 rings (SSSR count). The average molecular weight is 281 g/mol. The Hall–Kier alpha value is -1.59. The molecule has 1 aliphatic heterocycles. The van der Waals surface area contributed by atoms with E-state index in [-0.39, 0.29) is 18.4 Å². The largest absolute Gasteiger partial charge is 0.344 e. The van der Waals surface area contributed by atoms with Gasteiger partial charge in [-0.3, -0.25) is 14.9 Å². The first-order chi connectivity index (χ1) is 9.51. The predicted octanol–water partition coefficient (Wildman–Crippen LogP) is 1.11. The Kier molecular flexibility index (Phi) is 4.30. The molecule has 1 N–H and O–H groups in total. The SMILES string of the molecule is CCN(C)C(=O)CN1C(=O)NC(=O)C12CCCCCC2. The van der Waals surface area contributed by atoms with Gasteiger partial charge in [0.1, 0.15) is 12.1 Å². The minimum atomic E-state index is -0.794. The molecule has 1 aliphatic carbocycles. The van der Waals surface area contributed by atoms with E-state index in [4.69, 9.17) is 0 Å². The van der Waals surface area contributed by atoms with Crippen LogP contribution in [0.25, 0.3) is 0 Å². The van der Waals surface area contributed by atoms with E-state index in [0.717, 1.165) is 25.7 Å². The monoisotopic (exact) mass is 281 g/mol. The van der Waals surface area contributed by atoms with E-state index < -0.39 is 11.6 Å². The molecule has 6 heteroatoms. The molecule has 0 aromatic heterocycles. The fourth-order valence-corrected chi connectivity index (χ4v) is 3.06. The van der Waals surface area contributed by atoms with Gasteiger partial charge in [0.25, 0.3) is 5.91 Å². The van der Waals surface area contributed by atoms with Crippen LogP contribution in [0.1, 0.15) is 45.4 Å². The number of carbonyl (C=O) groups is 3. The first kappa shape index (κ1) is 14.8. The van der Waals surface area contributed by atoms with Crippen LogP contribution < -0.4 is 5.32 Å². The van der Waals surface area contributed by atoms with Crippen LogP contribution in [0.2, 0.25) is 0 Å². The van der Waals surface area contributed by atoms with Crippen LogP contribution in [0.5, 0.6) is 0 Å². The van der Waals surface area contributed by atoms with Crippen molar-refractivity contribution in [3.63, 3.8) is 0 Å². The van der Waals surface area contributed by atoms with Crippen molar-refractivity contribution >= 4 is 17.8 Å². The standard InChI is InChI=1S/C14H23N3O3/c1-3-16(2)11(18)10-17-13(20)15-12(19)14(17)8-6-4-5-7-9-14/h3-10H2,1-2H3,(H,15,19,20). The predicted molar refractivity (Wildman–Crippen MR) is 74.0 cm³/mol. The van der Waals surface area contributed by atoms with Crippen molar-refractivity contribution in [3.8, 4) is 0 Å². The number of nitrogens with zero attached hydrogens (tertiary/aromatic N) is 2. The summed E-state index contributed by atoms with van der Waals surface area (Å²) in [7, 11) is 1.71. The summed E-state index contributed by atoms with van der Waals surface area (Å²) in [6, 6.07) is -0.422. The lowest BCUT2D eigenvalue weighted by Crippen LogP contribution is -2.52. The van der Waals surface area contributed by atoms with E-state index in [2.05, 4.69) is 5.32 Å². The third kappa shape index (κ3) is 2.51. The van der Waals surface area contributed by atoms with Crippen molar-refractivity contribution in [2.45, 2.75) is 51.0 Å². The van der Waals surface area contributed by atoms with Crippen molar-refractivity contribution in [1.29, 1.82) is 0 Å². The van der Waals surface area contributed by atoms with Crippen molar-refractivity contribution in [3.05, 3.63) is 0 Å². The van der Waals surface area contributed by atoms with Gasteiger partial charge in [0.15, 0.2) is 0 Å². The van der Waals surface area contributed by atoms with E-state index >= 15 is 0 Å². The molecule has 0 unspecified atom stereocenters. The molecule has 1 saturated carbocycles. The van der Waals surface area contributed by atoms with Crippen LogP contribution in [0.4, 0.5) is 4.79 Å². The fourth-order valence-electron chi connectivity index (χ4n) is 3.06. The molecule has 0 aromatic rings. The smallest absolute Gasteiger partial charge is 0.325 e. The van der Waals surface area contributed by atoms with Crippen LogP contribution in [-0.2, 0) is 9.59 Å². The van der Waals surface area contributed by atoms with Crippen LogP contribution >= 0.6 is 0 Å². The first-order valence-electron chi connectivity index (χ1n) is 7.38. The van der Waals surface area contributed by atoms with Crippen molar-refractivity contribution < 1.29 is 14.4 Å². The maximum absolute atomic E-state index is 12.2. The van der Waals surface area contributed by atoms with Crippen LogP contribution in [0.15, 0.2) is 0 Å². The number of nitrogens with one attached hydrogen (secondary N) is 1. The quantitative estimate of drug-likeness (QED) is 0.788. The van der Waals surface area contributed by atoms with E-state index in [1.807, 2.05) is 6.92 Å². The second kappa shape index (κ2) is 5.81. The van der Waals surface area contributed by atoms with Gasteiger partial charge >= 0.3 is 6.03 Å². The number of carbonyl (C=O) groups excluding carboxylic acids is 3. The van der Waals surface area contributed by atoms with E-state index in [9.17, 15) is 14.4 Å². The van der Waals surface area contributed by atoms with Crippen molar-refractivity contribution in [1.82, 2.24) is 15.1 Å². The second-order valence-corrected chi connectivity index (χ2v) is 5.70. The number of imide groups is 1. The Morgan fingerprint density at radius 3 is 2.40 bits per heavy atom. The Morgan fingerprint density at radius 1 is 1.25 bits per heavy atom. The first-order valence-corrected chi connectivity index (χ1v) is 7.38. The summed E-state index contributed by atoms with van der Waals surface area (Å²) in [5.74, 6) is -0.350. The molecular weight excluding hydrogens is 258 g/mol. The second-order valence-electron chi connectivity index (χ2n) is 5.70. The minimum absolute atomic E-state index is 0.0120. The van der Waals surface area contributed by atoms with Gasteiger partial charge in [0, 0.05) is 13.6 Å². The molecule has 1 saturated heterocycles. The maximum Gasteiger partial charge on any atom is 0.325 e. The number of rotatable bonds is 3. The van der Waals surface area contributed by atoms with E-state index in [1.165, 1.54) is 4.90 Å². The lowest BCUT2D eigenvalue weighted by molar-refractivity contribution is -0.133. The fraction of sp³-hybridized carbons (Fsp3) is 0.786. The van der Waals surface area contributed by atoms with Crippen molar-refractivity contribution in [2.75, 3.05) is 20.1 Å². The molecule has 1 spiro atoms. The number of hydrogen-bond donors (Lipinski definition) is 1. The summed E-state index contributed by atoms with van der Waals surface area (Å²) in [4.78, 5) is 39.4. The molecule has 1 heterocycles. The zero-order valence-electron chi connectivity index (χ0n) is 12.3. The Balaban J connectivity index is 2.21.